The quantitative estimate of drug-likeness (QED) is 0.798. The van der Waals surface area contributed by atoms with Crippen LogP contribution in [0.25, 0.3) is 0 Å². The number of benzene rings is 2. The van der Waals surface area contributed by atoms with Gasteiger partial charge in [0.1, 0.15) is 5.75 Å². The van der Waals surface area contributed by atoms with Gasteiger partial charge in [-0.2, -0.15) is 0 Å². The SMILES string of the molecule is COc1ccc(C2=NO[C@]3(CC(=O)N(c4ccc(C)cc4)C3=O)C2)cc1. The first-order valence-electron chi connectivity index (χ1n) is 8.36. The van der Waals surface area contributed by atoms with E-state index in [0.717, 1.165) is 16.9 Å². The fourth-order valence-electron chi connectivity index (χ4n) is 3.30. The van der Waals surface area contributed by atoms with Gasteiger partial charge >= 0.3 is 0 Å². The molecular weight excluding hydrogens is 332 g/mol. The first-order valence-corrected chi connectivity index (χ1v) is 8.36. The topological polar surface area (TPSA) is 68.2 Å². The fraction of sp³-hybridized carbons (Fsp3) is 0.250. The van der Waals surface area contributed by atoms with Gasteiger partial charge in [0.2, 0.25) is 11.5 Å². The molecule has 2 heterocycles. The minimum atomic E-state index is -1.24. The molecule has 0 unspecified atom stereocenters. The van der Waals surface area contributed by atoms with Gasteiger partial charge in [-0.25, -0.2) is 4.90 Å². The molecular formula is C20H18N2O4. The van der Waals surface area contributed by atoms with Crippen LogP contribution in [-0.4, -0.2) is 30.2 Å². The van der Waals surface area contributed by atoms with E-state index in [9.17, 15) is 9.59 Å². The third-order valence-electron chi connectivity index (χ3n) is 4.78. The summed E-state index contributed by atoms with van der Waals surface area (Å²) in [5, 5.41) is 4.10. The molecule has 1 fully saturated rings. The van der Waals surface area contributed by atoms with E-state index in [1.165, 1.54) is 4.90 Å². The van der Waals surface area contributed by atoms with E-state index in [0.29, 0.717) is 11.4 Å². The molecule has 2 aromatic rings. The fourth-order valence-corrected chi connectivity index (χ4v) is 3.30. The first-order chi connectivity index (χ1) is 12.5. The molecule has 2 aliphatic heterocycles. The Bertz CT molecular complexity index is 902. The molecule has 4 rings (SSSR count). The highest BCUT2D eigenvalue weighted by atomic mass is 16.7. The number of methoxy groups -OCH3 is 1. The van der Waals surface area contributed by atoms with Gasteiger partial charge in [-0.05, 0) is 48.9 Å². The molecule has 0 saturated carbocycles. The minimum absolute atomic E-state index is 0.0110. The molecule has 26 heavy (non-hydrogen) atoms. The lowest BCUT2D eigenvalue weighted by Gasteiger charge is -2.19. The van der Waals surface area contributed by atoms with Gasteiger partial charge in [0.15, 0.2) is 0 Å². The minimum Gasteiger partial charge on any atom is -0.497 e. The number of aryl methyl sites for hydroxylation is 1. The third-order valence-corrected chi connectivity index (χ3v) is 4.78. The van der Waals surface area contributed by atoms with E-state index >= 15 is 0 Å². The second-order valence-electron chi connectivity index (χ2n) is 6.58. The number of rotatable bonds is 3. The Balaban J connectivity index is 1.58. The Morgan fingerprint density at radius 1 is 1.04 bits per heavy atom. The van der Waals surface area contributed by atoms with Crippen molar-refractivity contribution in [2.45, 2.75) is 25.4 Å². The van der Waals surface area contributed by atoms with Crippen molar-refractivity contribution in [3.8, 4) is 5.75 Å². The van der Waals surface area contributed by atoms with E-state index in [1.807, 2.05) is 43.3 Å². The number of hydrogen-bond acceptors (Lipinski definition) is 5. The standard InChI is InChI=1S/C20H18N2O4/c1-13-3-7-15(8-4-13)22-18(23)12-20(19(22)24)11-17(21-26-20)14-5-9-16(25-2)10-6-14/h3-10H,11-12H2,1-2H3/t20-/m0/s1. The average molecular weight is 350 g/mol. The Morgan fingerprint density at radius 3 is 2.38 bits per heavy atom. The molecule has 6 nitrogen and oxygen atoms in total. The summed E-state index contributed by atoms with van der Waals surface area (Å²) in [4.78, 5) is 32.2. The van der Waals surface area contributed by atoms with Gasteiger partial charge in [0, 0.05) is 6.42 Å². The summed E-state index contributed by atoms with van der Waals surface area (Å²) in [6.07, 6.45) is 0.259. The lowest BCUT2D eigenvalue weighted by atomic mass is 9.92. The maximum absolute atomic E-state index is 13.0. The average Bonchev–Trinajstić information content (AvgIpc) is 3.18. The number of hydrogen-bond donors (Lipinski definition) is 0. The highest BCUT2D eigenvalue weighted by molar-refractivity contribution is 6.25. The first kappa shape index (κ1) is 16.3. The second kappa shape index (κ2) is 5.98. The van der Waals surface area contributed by atoms with Gasteiger partial charge in [0.05, 0.1) is 24.9 Å². The van der Waals surface area contributed by atoms with Gasteiger partial charge in [-0.1, -0.05) is 22.9 Å². The molecule has 2 aliphatic rings. The number of anilines is 1. The largest absolute Gasteiger partial charge is 0.497 e. The zero-order valence-corrected chi connectivity index (χ0v) is 14.6. The van der Waals surface area contributed by atoms with Crippen LogP contribution < -0.4 is 9.64 Å². The summed E-state index contributed by atoms with van der Waals surface area (Å²) in [7, 11) is 1.60. The maximum atomic E-state index is 13.0. The number of ether oxygens (including phenoxy) is 1. The number of amides is 2. The second-order valence-corrected chi connectivity index (χ2v) is 6.58. The number of oxime groups is 1. The Kier molecular flexibility index (Phi) is 3.76. The molecule has 2 amide bonds. The molecule has 2 aromatic carbocycles. The molecule has 1 saturated heterocycles. The lowest BCUT2D eigenvalue weighted by molar-refractivity contribution is -0.136. The summed E-state index contributed by atoms with van der Waals surface area (Å²) in [6.45, 7) is 1.95. The Labute approximate surface area is 151 Å². The van der Waals surface area contributed by atoms with Gasteiger partial charge in [-0.3, -0.25) is 9.59 Å². The van der Waals surface area contributed by atoms with Gasteiger partial charge < -0.3 is 9.57 Å². The van der Waals surface area contributed by atoms with Crippen LogP contribution in [0.5, 0.6) is 5.75 Å². The van der Waals surface area contributed by atoms with Gasteiger partial charge in [-0.15, -0.1) is 0 Å². The normalized spacial score (nSPS) is 21.9. The van der Waals surface area contributed by atoms with Crippen LogP contribution in [0.15, 0.2) is 53.7 Å². The van der Waals surface area contributed by atoms with Crippen molar-refractivity contribution in [1.82, 2.24) is 0 Å². The summed E-state index contributed by atoms with van der Waals surface area (Å²) in [5.74, 6) is 0.101. The highest BCUT2D eigenvalue weighted by Gasteiger charge is 2.58. The van der Waals surface area contributed by atoms with E-state index in [1.54, 1.807) is 19.2 Å². The zero-order chi connectivity index (χ0) is 18.3. The summed E-state index contributed by atoms with van der Waals surface area (Å²) in [5.41, 5.74) is 1.88. The smallest absolute Gasteiger partial charge is 0.281 e. The highest BCUT2D eigenvalue weighted by Crippen LogP contribution is 2.39. The third kappa shape index (κ3) is 2.54. The molecule has 6 heteroatoms. The summed E-state index contributed by atoms with van der Waals surface area (Å²) >= 11 is 0. The van der Waals surface area contributed by atoms with E-state index in [4.69, 9.17) is 9.57 Å². The van der Waals surface area contributed by atoms with Crippen LogP contribution in [0.3, 0.4) is 0 Å². The van der Waals surface area contributed by atoms with Crippen molar-refractivity contribution >= 4 is 23.2 Å². The Hall–Kier alpha value is -3.15. The molecule has 0 aromatic heterocycles. The van der Waals surface area contributed by atoms with Crippen LogP contribution in [-0.2, 0) is 14.4 Å². The van der Waals surface area contributed by atoms with Crippen LogP contribution >= 0.6 is 0 Å². The van der Waals surface area contributed by atoms with E-state index in [2.05, 4.69) is 5.16 Å². The van der Waals surface area contributed by atoms with Gasteiger partial charge in [0.25, 0.3) is 5.91 Å². The molecule has 0 radical (unpaired) electrons. The maximum Gasteiger partial charge on any atom is 0.281 e. The van der Waals surface area contributed by atoms with Crippen molar-refractivity contribution in [2.75, 3.05) is 12.0 Å². The van der Waals surface area contributed by atoms with Crippen LogP contribution in [0.2, 0.25) is 0 Å². The van der Waals surface area contributed by atoms with Crippen molar-refractivity contribution in [3.63, 3.8) is 0 Å². The molecule has 1 spiro atoms. The van der Waals surface area contributed by atoms with Crippen molar-refractivity contribution in [3.05, 3.63) is 59.7 Å². The predicted octanol–water partition coefficient (Wildman–Crippen LogP) is 2.83. The summed E-state index contributed by atoms with van der Waals surface area (Å²) in [6, 6.07) is 14.6. The predicted molar refractivity (Wildman–Crippen MR) is 96.3 cm³/mol. The van der Waals surface area contributed by atoms with Crippen LogP contribution in [0.4, 0.5) is 5.69 Å². The molecule has 0 bridgehead atoms. The summed E-state index contributed by atoms with van der Waals surface area (Å²) < 4.78 is 5.15. The van der Waals surface area contributed by atoms with E-state index < -0.39 is 5.60 Å². The van der Waals surface area contributed by atoms with Crippen LogP contribution in [0.1, 0.15) is 24.0 Å². The number of imide groups is 1. The number of nitrogens with zero attached hydrogens (tertiary/aromatic N) is 2. The van der Waals surface area contributed by atoms with Crippen LogP contribution in [0, 0.1) is 6.92 Å². The molecule has 0 N–H and O–H groups in total. The molecule has 1 atom stereocenters. The van der Waals surface area contributed by atoms with Crippen molar-refractivity contribution in [1.29, 1.82) is 0 Å². The number of carbonyl (C=O) groups is 2. The lowest BCUT2D eigenvalue weighted by Crippen LogP contribution is -2.40. The molecule has 0 aliphatic carbocycles. The van der Waals surface area contributed by atoms with E-state index in [-0.39, 0.29) is 24.7 Å². The van der Waals surface area contributed by atoms with Crippen molar-refractivity contribution < 1.29 is 19.2 Å². The monoisotopic (exact) mass is 350 g/mol. The Morgan fingerprint density at radius 2 is 1.73 bits per heavy atom. The zero-order valence-electron chi connectivity index (χ0n) is 14.6. The van der Waals surface area contributed by atoms with Crippen molar-refractivity contribution in [2.24, 2.45) is 5.16 Å². The molecule has 132 valence electrons. The number of carbonyl (C=O) groups excluding carboxylic acids is 2.